The lowest BCUT2D eigenvalue weighted by Crippen LogP contribution is -2.14. The van der Waals surface area contributed by atoms with Crippen molar-refractivity contribution in [3.8, 4) is 0 Å². The first kappa shape index (κ1) is 25.9. The largest absolute Gasteiger partial charge is 0.381 e. The number of hydrogen-bond acceptors (Lipinski definition) is 8. The Morgan fingerprint density at radius 1 is 0.333 bits per heavy atom. The molecule has 8 nitrogen and oxygen atoms in total. The summed E-state index contributed by atoms with van der Waals surface area (Å²) in [6, 6.07) is 0. The Morgan fingerprint density at radius 3 is 1.00 bits per heavy atom. The van der Waals surface area contributed by atoms with Crippen LogP contribution in [0.1, 0.15) is 25.7 Å². The second-order valence-electron chi connectivity index (χ2n) is 5.02. The standard InChI is InChI=1S/C10H24N2O2.C6H16N2O2/c11-5-3-9-13-7-1-2-8-14-10-4-6-12;7-1-3-9-5-6-10-4-2-8/h1-12H2;1-8H2. The highest BCUT2D eigenvalue weighted by molar-refractivity contribution is 4.41. The van der Waals surface area contributed by atoms with Crippen LogP contribution in [0, 0.1) is 0 Å². The maximum atomic E-state index is 5.35. The summed E-state index contributed by atoms with van der Waals surface area (Å²) in [4.78, 5) is 0. The van der Waals surface area contributed by atoms with Crippen molar-refractivity contribution in [2.45, 2.75) is 25.7 Å². The molecule has 0 fully saturated rings. The van der Waals surface area contributed by atoms with Crippen molar-refractivity contribution in [3.05, 3.63) is 0 Å². The molecule has 24 heavy (non-hydrogen) atoms. The molecule has 0 heterocycles. The molecule has 0 aromatic heterocycles. The van der Waals surface area contributed by atoms with Crippen LogP contribution in [0.3, 0.4) is 0 Å². The van der Waals surface area contributed by atoms with Crippen LogP contribution in [0.2, 0.25) is 0 Å². The minimum atomic E-state index is 0.566. The SMILES string of the molecule is NCCCOCCCCOCCCN.NCCOCCOCCN. The van der Waals surface area contributed by atoms with Crippen molar-refractivity contribution >= 4 is 0 Å². The molecule has 0 saturated heterocycles. The van der Waals surface area contributed by atoms with E-state index in [0.29, 0.717) is 52.6 Å². The monoisotopic (exact) mass is 352 g/mol. The van der Waals surface area contributed by atoms with Gasteiger partial charge >= 0.3 is 0 Å². The molecule has 0 saturated carbocycles. The molecule has 8 heteroatoms. The lowest BCUT2D eigenvalue weighted by molar-refractivity contribution is 0.0538. The fraction of sp³-hybridized carbons (Fsp3) is 1.00. The van der Waals surface area contributed by atoms with Crippen molar-refractivity contribution in [3.63, 3.8) is 0 Å². The molecule has 0 bridgehead atoms. The van der Waals surface area contributed by atoms with Gasteiger partial charge in [0.2, 0.25) is 0 Å². The smallest absolute Gasteiger partial charge is 0.0701 e. The van der Waals surface area contributed by atoms with Gasteiger partial charge in [-0.3, -0.25) is 0 Å². The van der Waals surface area contributed by atoms with Crippen molar-refractivity contribution in [2.24, 2.45) is 22.9 Å². The molecule has 0 rings (SSSR count). The van der Waals surface area contributed by atoms with E-state index in [1.807, 2.05) is 0 Å². The maximum absolute atomic E-state index is 5.35. The summed E-state index contributed by atoms with van der Waals surface area (Å²) in [6.45, 7) is 8.18. The molecular formula is C16H40N4O4. The Bertz CT molecular complexity index is 183. The summed E-state index contributed by atoms with van der Waals surface area (Å²) in [6.07, 6.45) is 4.03. The molecule has 0 aliphatic heterocycles. The number of hydrogen-bond donors (Lipinski definition) is 4. The molecule has 148 valence electrons. The molecule has 0 aromatic carbocycles. The van der Waals surface area contributed by atoms with E-state index in [1.165, 1.54) is 0 Å². The average Bonchev–Trinajstić information content (AvgIpc) is 2.60. The summed E-state index contributed by atoms with van der Waals surface area (Å²) < 4.78 is 20.8. The molecule has 0 spiro atoms. The predicted molar refractivity (Wildman–Crippen MR) is 98.0 cm³/mol. The first-order valence-corrected chi connectivity index (χ1v) is 8.94. The van der Waals surface area contributed by atoms with E-state index in [4.69, 9.17) is 41.9 Å². The van der Waals surface area contributed by atoms with E-state index in [9.17, 15) is 0 Å². The highest BCUT2D eigenvalue weighted by Crippen LogP contribution is 1.92. The quantitative estimate of drug-likeness (QED) is 0.240. The summed E-state index contributed by atoms with van der Waals surface area (Å²) in [7, 11) is 0. The van der Waals surface area contributed by atoms with Crippen LogP contribution in [0.25, 0.3) is 0 Å². The van der Waals surface area contributed by atoms with Crippen molar-refractivity contribution in [1.82, 2.24) is 0 Å². The van der Waals surface area contributed by atoms with Gasteiger partial charge in [-0.1, -0.05) is 0 Å². The van der Waals surface area contributed by atoms with E-state index in [1.54, 1.807) is 0 Å². The van der Waals surface area contributed by atoms with E-state index in [0.717, 1.165) is 52.1 Å². The average molecular weight is 353 g/mol. The van der Waals surface area contributed by atoms with Gasteiger partial charge in [0.05, 0.1) is 26.4 Å². The van der Waals surface area contributed by atoms with Gasteiger partial charge in [0.25, 0.3) is 0 Å². The van der Waals surface area contributed by atoms with Crippen LogP contribution >= 0.6 is 0 Å². The molecule has 0 amide bonds. The van der Waals surface area contributed by atoms with Gasteiger partial charge in [0.1, 0.15) is 0 Å². The van der Waals surface area contributed by atoms with Crippen LogP contribution in [-0.2, 0) is 18.9 Å². The lowest BCUT2D eigenvalue weighted by atomic mass is 10.3. The Morgan fingerprint density at radius 2 is 0.667 bits per heavy atom. The molecule has 0 aliphatic rings. The van der Waals surface area contributed by atoms with E-state index >= 15 is 0 Å². The van der Waals surface area contributed by atoms with E-state index in [-0.39, 0.29) is 0 Å². The summed E-state index contributed by atoms with van der Waals surface area (Å²) in [5, 5.41) is 0. The zero-order valence-electron chi connectivity index (χ0n) is 15.3. The third-order valence-electron chi connectivity index (χ3n) is 2.71. The highest BCUT2D eigenvalue weighted by atomic mass is 16.5. The van der Waals surface area contributed by atoms with Gasteiger partial charge in [0.15, 0.2) is 0 Å². The number of ether oxygens (including phenoxy) is 4. The van der Waals surface area contributed by atoms with Crippen LogP contribution in [-0.4, -0.2) is 79.0 Å². The molecule has 0 unspecified atom stereocenters. The Balaban J connectivity index is 0. The van der Waals surface area contributed by atoms with Crippen LogP contribution in [0.4, 0.5) is 0 Å². The minimum Gasteiger partial charge on any atom is -0.381 e. The van der Waals surface area contributed by atoms with Crippen LogP contribution in [0.5, 0.6) is 0 Å². The fourth-order valence-corrected chi connectivity index (χ4v) is 1.47. The summed E-state index contributed by atoms with van der Waals surface area (Å²) in [5.41, 5.74) is 21.0. The molecule has 0 radical (unpaired) electrons. The van der Waals surface area contributed by atoms with Gasteiger partial charge in [-0.25, -0.2) is 0 Å². The second kappa shape index (κ2) is 27.5. The van der Waals surface area contributed by atoms with Gasteiger partial charge < -0.3 is 41.9 Å². The maximum Gasteiger partial charge on any atom is 0.0701 e. The molecular weight excluding hydrogens is 312 g/mol. The van der Waals surface area contributed by atoms with Crippen molar-refractivity contribution < 1.29 is 18.9 Å². The fourth-order valence-electron chi connectivity index (χ4n) is 1.47. The highest BCUT2D eigenvalue weighted by Gasteiger charge is 1.91. The number of rotatable bonds is 18. The van der Waals surface area contributed by atoms with E-state index < -0.39 is 0 Å². The van der Waals surface area contributed by atoms with Gasteiger partial charge in [-0.2, -0.15) is 0 Å². The van der Waals surface area contributed by atoms with Crippen LogP contribution in [0.15, 0.2) is 0 Å². The van der Waals surface area contributed by atoms with Gasteiger partial charge in [-0.15, -0.1) is 0 Å². The Labute approximate surface area is 147 Å². The second-order valence-corrected chi connectivity index (χ2v) is 5.02. The summed E-state index contributed by atoms with van der Waals surface area (Å²) >= 11 is 0. The van der Waals surface area contributed by atoms with E-state index in [2.05, 4.69) is 0 Å². The zero-order valence-corrected chi connectivity index (χ0v) is 15.3. The van der Waals surface area contributed by atoms with Gasteiger partial charge in [0, 0.05) is 39.5 Å². The third-order valence-corrected chi connectivity index (χ3v) is 2.71. The molecule has 0 aliphatic carbocycles. The predicted octanol–water partition coefficient (Wildman–Crippen LogP) is -0.566. The van der Waals surface area contributed by atoms with Gasteiger partial charge in [-0.05, 0) is 38.8 Å². The minimum absolute atomic E-state index is 0.566. The molecule has 8 N–H and O–H groups in total. The summed E-state index contributed by atoms with van der Waals surface area (Å²) in [5.74, 6) is 0. The normalized spacial score (nSPS) is 10.5. The topological polar surface area (TPSA) is 141 Å². The first-order chi connectivity index (χ1) is 11.8. The Hall–Kier alpha value is -0.320. The first-order valence-electron chi connectivity index (χ1n) is 8.94. The third kappa shape index (κ3) is 29.7. The zero-order chi connectivity index (χ0) is 18.1. The van der Waals surface area contributed by atoms with Crippen molar-refractivity contribution in [1.29, 1.82) is 0 Å². The number of nitrogens with two attached hydrogens (primary N) is 4. The van der Waals surface area contributed by atoms with Crippen LogP contribution < -0.4 is 22.9 Å². The van der Waals surface area contributed by atoms with Crippen molar-refractivity contribution in [2.75, 3.05) is 79.0 Å². The molecule has 0 atom stereocenters. The number of unbranched alkanes of at least 4 members (excludes halogenated alkanes) is 1. The Kier molecular flexibility index (Phi) is 29.7. The molecule has 0 aromatic rings. The lowest BCUT2D eigenvalue weighted by Gasteiger charge is -2.04.